The van der Waals surface area contributed by atoms with E-state index in [1.165, 1.54) is 68.4 Å². The molecule has 0 bridgehead atoms. The van der Waals surface area contributed by atoms with E-state index < -0.39 is 13.8 Å². The molecule has 30 heavy (non-hydrogen) atoms. The number of hydrogen-bond acceptors (Lipinski definition) is 5. The van der Waals surface area contributed by atoms with Crippen LogP contribution in [0.2, 0.25) is 0 Å². The molecule has 1 fully saturated rings. The lowest BCUT2D eigenvalue weighted by Gasteiger charge is -2.28. The molecule has 0 radical (unpaired) electrons. The van der Waals surface area contributed by atoms with Crippen molar-refractivity contribution < 1.29 is 28.0 Å². The third-order valence-corrected chi connectivity index (χ3v) is 6.55. The summed E-state index contributed by atoms with van der Waals surface area (Å²) in [7, 11) is -3.05. The van der Waals surface area contributed by atoms with E-state index in [1.807, 2.05) is 24.3 Å². The van der Waals surface area contributed by atoms with Gasteiger partial charge in [-0.3, -0.25) is 9.42 Å². The zero-order valence-corrected chi connectivity index (χ0v) is 18.3. The largest absolute Gasteiger partial charge is 0.527 e. The Morgan fingerprint density at radius 1 is 1.00 bits per heavy atom. The van der Waals surface area contributed by atoms with Gasteiger partial charge in [0.05, 0.1) is 5.56 Å². The molecule has 1 N–H and O–H groups in total. The third-order valence-electron chi connectivity index (χ3n) is 5.65. The zero-order valence-electron chi connectivity index (χ0n) is 17.5. The molecule has 0 heterocycles. The molecule has 0 aromatic heterocycles. The van der Waals surface area contributed by atoms with Gasteiger partial charge in [-0.25, -0.2) is 9.36 Å². The summed E-state index contributed by atoms with van der Waals surface area (Å²) < 4.78 is 26.1. The van der Waals surface area contributed by atoms with Gasteiger partial charge in [-0.1, -0.05) is 31.9 Å². The van der Waals surface area contributed by atoms with Gasteiger partial charge < -0.3 is 9.26 Å². The average Bonchev–Trinajstić information content (AvgIpc) is 2.75. The zero-order chi connectivity index (χ0) is 21.6. The number of benzene rings is 2. The molecule has 162 valence electrons. The van der Waals surface area contributed by atoms with Crippen LogP contribution in [0.15, 0.2) is 48.5 Å². The maximum atomic E-state index is 12.4. The quantitative estimate of drug-likeness (QED) is 0.308. The van der Waals surface area contributed by atoms with Crippen LogP contribution in [0.5, 0.6) is 11.5 Å². The summed E-state index contributed by atoms with van der Waals surface area (Å²) in [5.74, 6) is 1.57. The van der Waals surface area contributed by atoms with Crippen LogP contribution in [0.25, 0.3) is 0 Å². The second-order valence-electron chi connectivity index (χ2n) is 7.73. The Balaban J connectivity index is 1.55. The van der Waals surface area contributed by atoms with Crippen LogP contribution in [0.4, 0.5) is 0 Å². The Morgan fingerprint density at radius 2 is 1.60 bits per heavy atom. The highest BCUT2D eigenvalue weighted by molar-refractivity contribution is 7.47. The molecule has 2 aromatic rings. The van der Waals surface area contributed by atoms with Crippen molar-refractivity contribution in [1.82, 2.24) is 0 Å². The highest BCUT2D eigenvalue weighted by Gasteiger charge is 2.22. The lowest BCUT2D eigenvalue weighted by atomic mass is 9.77. The molecule has 0 aliphatic heterocycles. The summed E-state index contributed by atoms with van der Waals surface area (Å²) in [5, 5.41) is 0. The van der Waals surface area contributed by atoms with Gasteiger partial charge in [0.15, 0.2) is 0 Å². The molecule has 0 amide bonds. The lowest BCUT2D eigenvalue weighted by Crippen LogP contribution is -2.13. The van der Waals surface area contributed by atoms with Crippen molar-refractivity contribution in [2.24, 2.45) is 5.92 Å². The van der Waals surface area contributed by atoms with Gasteiger partial charge in [0.1, 0.15) is 11.5 Å². The van der Waals surface area contributed by atoms with Crippen molar-refractivity contribution in [2.45, 2.75) is 51.4 Å². The fraction of sp³-hybridized carbons (Fsp3) is 0.435. The first-order valence-electron chi connectivity index (χ1n) is 10.4. The summed E-state index contributed by atoms with van der Waals surface area (Å²) >= 11 is 0. The summed E-state index contributed by atoms with van der Waals surface area (Å²) in [6.07, 6.45) is 7.64. The van der Waals surface area contributed by atoms with Crippen molar-refractivity contribution >= 4 is 13.8 Å². The molecule has 1 atom stereocenters. The normalized spacial score (nSPS) is 20.9. The van der Waals surface area contributed by atoms with Crippen molar-refractivity contribution in [3.63, 3.8) is 0 Å². The van der Waals surface area contributed by atoms with Crippen LogP contribution in [0.3, 0.4) is 0 Å². The van der Waals surface area contributed by atoms with Gasteiger partial charge in [0, 0.05) is 7.11 Å². The number of carbonyl (C=O) groups is 1. The first kappa shape index (κ1) is 22.5. The van der Waals surface area contributed by atoms with Gasteiger partial charge in [0.25, 0.3) is 0 Å². The molecule has 7 heteroatoms. The van der Waals surface area contributed by atoms with Crippen molar-refractivity contribution in [2.75, 3.05) is 7.11 Å². The fourth-order valence-electron chi connectivity index (χ4n) is 3.99. The minimum absolute atomic E-state index is 0.122. The van der Waals surface area contributed by atoms with Crippen LogP contribution in [-0.2, 0) is 9.09 Å². The molecule has 1 unspecified atom stereocenters. The van der Waals surface area contributed by atoms with Crippen LogP contribution >= 0.6 is 7.82 Å². The Kier molecular flexibility index (Phi) is 7.70. The molecule has 1 aliphatic carbocycles. The Labute approximate surface area is 177 Å². The van der Waals surface area contributed by atoms with Crippen LogP contribution in [0.1, 0.15) is 67.3 Å². The van der Waals surface area contributed by atoms with Crippen molar-refractivity contribution in [3.8, 4) is 11.5 Å². The smallest absolute Gasteiger partial charge is 0.423 e. The molecule has 0 saturated heterocycles. The second kappa shape index (κ2) is 10.3. The van der Waals surface area contributed by atoms with Crippen LogP contribution in [0, 0.1) is 5.92 Å². The minimum Gasteiger partial charge on any atom is -0.423 e. The van der Waals surface area contributed by atoms with E-state index in [1.54, 1.807) is 0 Å². The van der Waals surface area contributed by atoms with E-state index in [0.717, 1.165) is 13.0 Å². The van der Waals surface area contributed by atoms with E-state index in [0.29, 0.717) is 17.2 Å². The van der Waals surface area contributed by atoms with Crippen LogP contribution < -0.4 is 9.26 Å². The van der Waals surface area contributed by atoms with Gasteiger partial charge in [-0.15, -0.1) is 0 Å². The molecule has 3 rings (SSSR count). The predicted octanol–water partition coefficient (Wildman–Crippen LogP) is 6.11. The number of esters is 1. The second-order valence-corrected chi connectivity index (χ2v) is 9.22. The van der Waals surface area contributed by atoms with E-state index in [9.17, 15) is 14.3 Å². The SMILES string of the molecule is CCCC1CCC(c2ccc(OC(=O)c3ccc(OP(=O)(O)OC)cc3)cc2)CC1. The topological polar surface area (TPSA) is 82.1 Å². The number of hydrogen-bond donors (Lipinski definition) is 1. The maximum Gasteiger partial charge on any atom is 0.527 e. The number of rotatable bonds is 8. The van der Waals surface area contributed by atoms with Crippen molar-refractivity contribution in [3.05, 3.63) is 59.7 Å². The molecule has 0 spiro atoms. The monoisotopic (exact) mass is 432 g/mol. The highest BCUT2D eigenvalue weighted by atomic mass is 31.2. The average molecular weight is 432 g/mol. The van der Waals surface area contributed by atoms with E-state index in [-0.39, 0.29) is 5.75 Å². The summed E-state index contributed by atoms with van der Waals surface area (Å²) in [6, 6.07) is 13.5. The lowest BCUT2D eigenvalue weighted by molar-refractivity contribution is 0.0734. The van der Waals surface area contributed by atoms with Gasteiger partial charge in [0.2, 0.25) is 0 Å². The minimum atomic E-state index is -4.13. The number of phosphoric acid groups is 1. The Hall–Kier alpha value is -2.14. The third kappa shape index (κ3) is 6.18. The van der Waals surface area contributed by atoms with Gasteiger partial charge >= 0.3 is 13.8 Å². The first-order chi connectivity index (χ1) is 14.4. The van der Waals surface area contributed by atoms with E-state index >= 15 is 0 Å². The molecular formula is C23H29O6P. The van der Waals surface area contributed by atoms with Crippen molar-refractivity contribution in [1.29, 1.82) is 0 Å². The molecule has 1 saturated carbocycles. The number of phosphoric ester groups is 1. The fourth-order valence-corrected chi connectivity index (χ4v) is 4.45. The highest BCUT2D eigenvalue weighted by Crippen LogP contribution is 2.42. The Bertz CT molecular complexity index is 870. The summed E-state index contributed by atoms with van der Waals surface area (Å²) in [5.41, 5.74) is 1.61. The van der Waals surface area contributed by atoms with E-state index in [2.05, 4.69) is 11.4 Å². The molecule has 6 nitrogen and oxygen atoms in total. The first-order valence-corrected chi connectivity index (χ1v) is 11.9. The maximum absolute atomic E-state index is 12.4. The molecular weight excluding hydrogens is 403 g/mol. The molecule has 2 aromatic carbocycles. The summed E-state index contributed by atoms with van der Waals surface area (Å²) in [4.78, 5) is 21.7. The van der Waals surface area contributed by atoms with Gasteiger partial charge in [-0.2, -0.15) is 0 Å². The van der Waals surface area contributed by atoms with E-state index in [4.69, 9.17) is 9.26 Å². The van der Waals surface area contributed by atoms with Crippen LogP contribution in [-0.4, -0.2) is 18.0 Å². The summed E-state index contributed by atoms with van der Waals surface area (Å²) in [6.45, 7) is 2.25. The number of ether oxygens (including phenoxy) is 1. The Morgan fingerprint density at radius 3 is 2.17 bits per heavy atom. The van der Waals surface area contributed by atoms with Gasteiger partial charge in [-0.05, 0) is 79.5 Å². The standard InChI is InChI=1S/C23H29O6P/c1-3-4-17-5-7-18(8-6-17)19-9-13-21(14-10-19)28-23(24)20-11-15-22(16-12-20)29-30(25,26)27-2/h9-18H,3-8H2,1-2H3,(H,25,26). The number of carbonyl (C=O) groups excluding carboxylic acids is 1. The predicted molar refractivity (Wildman–Crippen MR) is 115 cm³/mol. The molecule has 1 aliphatic rings.